The molecule has 96 valence electrons. The smallest absolute Gasteiger partial charge is 0.169 e. The largest absolute Gasteiger partial charge is 0.487 e. The van der Waals surface area contributed by atoms with Crippen LogP contribution in [0.15, 0.2) is 18.3 Å². The minimum absolute atomic E-state index is 0.0954. The Morgan fingerprint density at radius 3 is 2.59 bits per heavy atom. The van der Waals surface area contributed by atoms with Crippen LogP contribution >= 0.6 is 23.2 Å². The molecular formula is C12H18Cl2N2O. The number of rotatable bonds is 6. The Hall–Kier alpha value is -0.670. The van der Waals surface area contributed by atoms with Crippen molar-refractivity contribution >= 4 is 29.0 Å². The molecule has 1 rings (SSSR count). The standard InChI is InChI=1S/C12H18Cl2N2O/c1-9(2)17-10-5-4-6-15-11(10)16-12(3,7-13)8-14/h4-6,9H,7-8H2,1-3H3,(H,15,16). The van der Waals surface area contributed by atoms with Crippen molar-refractivity contribution in [3.8, 4) is 5.75 Å². The first-order valence-corrected chi connectivity index (χ1v) is 6.59. The lowest BCUT2D eigenvalue weighted by Crippen LogP contribution is -2.39. The summed E-state index contributed by atoms with van der Waals surface area (Å²) in [6.45, 7) is 5.89. The SMILES string of the molecule is CC(C)Oc1cccnc1NC(C)(CCl)CCl. The highest BCUT2D eigenvalue weighted by molar-refractivity contribution is 6.22. The zero-order valence-corrected chi connectivity index (χ0v) is 11.8. The molecule has 1 aromatic rings. The maximum absolute atomic E-state index is 5.90. The van der Waals surface area contributed by atoms with Gasteiger partial charge in [0.25, 0.3) is 0 Å². The maximum Gasteiger partial charge on any atom is 0.169 e. The van der Waals surface area contributed by atoms with E-state index < -0.39 is 5.54 Å². The quantitative estimate of drug-likeness (QED) is 0.808. The Balaban J connectivity index is 2.89. The Labute approximate surface area is 112 Å². The van der Waals surface area contributed by atoms with Crippen molar-refractivity contribution < 1.29 is 4.74 Å². The van der Waals surface area contributed by atoms with Gasteiger partial charge < -0.3 is 10.1 Å². The first-order chi connectivity index (χ1) is 8.00. The lowest BCUT2D eigenvalue weighted by Gasteiger charge is -2.27. The molecule has 0 atom stereocenters. The highest BCUT2D eigenvalue weighted by Gasteiger charge is 2.23. The van der Waals surface area contributed by atoms with Gasteiger partial charge in [-0.2, -0.15) is 0 Å². The van der Waals surface area contributed by atoms with E-state index >= 15 is 0 Å². The first-order valence-electron chi connectivity index (χ1n) is 5.52. The molecule has 0 aliphatic carbocycles. The second-order valence-corrected chi connectivity index (χ2v) is 5.00. The molecule has 0 unspecified atom stereocenters. The van der Waals surface area contributed by atoms with Crippen molar-refractivity contribution in [1.29, 1.82) is 0 Å². The van der Waals surface area contributed by atoms with Crippen LogP contribution < -0.4 is 10.1 Å². The number of halogens is 2. The van der Waals surface area contributed by atoms with Gasteiger partial charge in [0.15, 0.2) is 11.6 Å². The predicted molar refractivity (Wildman–Crippen MR) is 73.5 cm³/mol. The minimum atomic E-state index is -0.396. The lowest BCUT2D eigenvalue weighted by atomic mass is 10.1. The summed E-state index contributed by atoms with van der Waals surface area (Å²) in [5.74, 6) is 2.18. The molecule has 1 aromatic heterocycles. The van der Waals surface area contributed by atoms with Gasteiger partial charge >= 0.3 is 0 Å². The van der Waals surface area contributed by atoms with Crippen LogP contribution in [-0.4, -0.2) is 28.4 Å². The maximum atomic E-state index is 5.90. The summed E-state index contributed by atoms with van der Waals surface area (Å²) in [7, 11) is 0. The van der Waals surface area contributed by atoms with Crippen molar-refractivity contribution in [2.45, 2.75) is 32.4 Å². The summed E-state index contributed by atoms with van der Waals surface area (Å²) in [5, 5.41) is 3.23. The number of hydrogen-bond donors (Lipinski definition) is 1. The summed E-state index contributed by atoms with van der Waals surface area (Å²) < 4.78 is 5.67. The van der Waals surface area contributed by atoms with E-state index in [0.29, 0.717) is 23.3 Å². The molecule has 1 heterocycles. The van der Waals surface area contributed by atoms with Gasteiger partial charge in [0.1, 0.15) is 0 Å². The van der Waals surface area contributed by atoms with Gasteiger partial charge in [-0.15, -0.1) is 23.2 Å². The molecule has 0 spiro atoms. The average Bonchev–Trinajstić information content (AvgIpc) is 2.31. The number of pyridine rings is 1. The van der Waals surface area contributed by atoms with Gasteiger partial charge in [-0.1, -0.05) is 0 Å². The summed E-state index contributed by atoms with van der Waals surface area (Å²) in [5.41, 5.74) is -0.396. The fraction of sp³-hybridized carbons (Fsp3) is 0.583. The number of nitrogens with zero attached hydrogens (tertiary/aromatic N) is 1. The monoisotopic (exact) mass is 276 g/mol. The second kappa shape index (κ2) is 6.31. The molecule has 0 saturated carbocycles. The normalized spacial score (nSPS) is 11.6. The fourth-order valence-corrected chi connectivity index (χ4v) is 1.64. The van der Waals surface area contributed by atoms with E-state index in [-0.39, 0.29) is 6.10 Å². The van der Waals surface area contributed by atoms with Crippen molar-refractivity contribution in [2.24, 2.45) is 0 Å². The van der Waals surface area contributed by atoms with Crippen LogP contribution in [0.4, 0.5) is 5.82 Å². The Morgan fingerprint density at radius 2 is 2.06 bits per heavy atom. The molecule has 0 aliphatic heterocycles. The van der Waals surface area contributed by atoms with E-state index in [1.54, 1.807) is 6.20 Å². The third-order valence-electron chi connectivity index (χ3n) is 2.14. The Bertz CT molecular complexity index is 354. The predicted octanol–water partition coefficient (Wildman–Crippen LogP) is 3.52. The lowest BCUT2D eigenvalue weighted by molar-refractivity contribution is 0.242. The number of alkyl halides is 2. The van der Waals surface area contributed by atoms with Crippen LogP contribution in [0, 0.1) is 0 Å². The number of hydrogen-bond acceptors (Lipinski definition) is 3. The number of aromatic nitrogens is 1. The topological polar surface area (TPSA) is 34.1 Å². The van der Waals surface area contributed by atoms with Crippen LogP contribution in [0.5, 0.6) is 5.75 Å². The molecule has 0 aliphatic rings. The average molecular weight is 277 g/mol. The van der Waals surface area contributed by atoms with Gasteiger partial charge in [-0.3, -0.25) is 0 Å². The Kier molecular flexibility index (Phi) is 5.34. The van der Waals surface area contributed by atoms with Crippen molar-refractivity contribution in [3.05, 3.63) is 18.3 Å². The molecule has 0 radical (unpaired) electrons. The van der Waals surface area contributed by atoms with Crippen LogP contribution in [0.25, 0.3) is 0 Å². The van der Waals surface area contributed by atoms with Crippen molar-refractivity contribution in [2.75, 3.05) is 17.1 Å². The third-order valence-corrected chi connectivity index (χ3v) is 3.32. The third kappa shape index (κ3) is 4.25. The summed E-state index contributed by atoms with van der Waals surface area (Å²) in [4.78, 5) is 4.26. The molecule has 5 heteroatoms. The van der Waals surface area contributed by atoms with Gasteiger partial charge in [0, 0.05) is 18.0 Å². The van der Waals surface area contributed by atoms with Gasteiger partial charge in [-0.25, -0.2) is 4.98 Å². The number of ether oxygens (including phenoxy) is 1. The highest BCUT2D eigenvalue weighted by Crippen LogP contribution is 2.26. The number of nitrogens with one attached hydrogen (secondary N) is 1. The molecule has 0 bridgehead atoms. The van der Waals surface area contributed by atoms with Crippen molar-refractivity contribution in [1.82, 2.24) is 4.98 Å². The van der Waals surface area contributed by atoms with Crippen LogP contribution in [0.1, 0.15) is 20.8 Å². The number of anilines is 1. The fourth-order valence-electron chi connectivity index (χ4n) is 1.22. The molecule has 1 N–H and O–H groups in total. The van der Waals surface area contributed by atoms with Crippen LogP contribution in [-0.2, 0) is 0 Å². The summed E-state index contributed by atoms with van der Waals surface area (Å²) >= 11 is 11.8. The van der Waals surface area contributed by atoms with E-state index in [4.69, 9.17) is 27.9 Å². The molecule has 3 nitrogen and oxygen atoms in total. The van der Waals surface area contributed by atoms with Crippen molar-refractivity contribution in [3.63, 3.8) is 0 Å². The first kappa shape index (κ1) is 14.4. The van der Waals surface area contributed by atoms with E-state index in [9.17, 15) is 0 Å². The van der Waals surface area contributed by atoms with Gasteiger partial charge in [0.2, 0.25) is 0 Å². The summed E-state index contributed by atoms with van der Waals surface area (Å²) in [6.07, 6.45) is 1.80. The van der Waals surface area contributed by atoms with Crippen LogP contribution in [0.2, 0.25) is 0 Å². The van der Waals surface area contributed by atoms with E-state index in [1.807, 2.05) is 32.9 Å². The molecule has 0 fully saturated rings. The zero-order valence-electron chi connectivity index (χ0n) is 10.3. The van der Waals surface area contributed by atoms with E-state index in [2.05, 4.69) is 10.3 Å². The molecule has 0 saturated heterocycles. The Morgan fingerprint density at radius 1 is 1.41 bits per heavy atom. The molecule has 17 heavy (non-hydrogen) atoms. The summed E-state index contributed by atoms with van der Waals surface area (Å²) in [6, 6.07) is 3.71. The van der Waals surface area contributed by atoms with Gasteiger partial charge in [-0.05, 0) is 32.9 Å². The zero-order chi connectivity index (χ0) is 12.9. The molecular weight excluding hydrogens is 259 g/mol. The minimum Gasteiger partial charge on any atom is -0.487 e. The molecule has 0 amide bonds. The highest BCUT2D eigenvalue weighted by atomic mass is 35.5. The molecule has 0 aromatic carbocycles. The van der Waals surface area contributed by atoms with E-state index in [1.165, 1.54) is 0 Å². The second-order valence-electron chi connectivity index (χ2n) is 4.47. The van der Waals surface area contributed by atoms with E-state index in [0.717, 1.165) is 0 Å². The van der Waals surface area contributed by atoms with Crippen LogP contribution in [0.3, 0.4) is 0 Å². The van der Waals surface area contributed by atoms with Gasteiger partial charge in [0.05, 0.1) is 11.6 Å².